The van der Waals surface area contributed by atoms with Gasteiger partial charge in [-0.3, -0.25) is 0 Å². The largest absolute Gasteiger partial charge is 0.413 e. The number of fused-ring (bicyclic) bond motifs is 2. The molecule has 1 aromatic carbocycles. The Hall–Kier alpha value is -3.02. The van der Waals surface area contributed by atoms with Crippen molar-refractivity contribution in [2.24, 2.45) is 5.92 Å². The summed E-state index contributed by atoms with van der Waals surface area (Å²) in [6.07, 6.45) is 2.97. The lowest BCUT2D eigenvalue weighted by molar-refractivity contribution is 0.356. The van der Waals surface area contributed by atoms with Crippen LogP contribution in [0.1, 0.15) is 30.2 Å². The third-order valence-corrected chi connectivity index (χ3v) is 4.98. The first-order valence-electron chi connectivity index (χ1n) is 8.86. The highest BCUT2D eigenvalue weighted by Crippen LogP contribution is 2.33. The van der Waals surface area contributed by atoms with Crippen molar-refractivity contribution >= 4 is 10.9 Å². The van der Waals surface area contributed by atoms with Crippen molar-refractivity contribution < 1.29 is 8.94 Å². The van der Waals surface area contributed by atoms with Crippen LogP contribution in [-0.2, 0) is 12.8 Å². The highest BCUT2D eigenvalue weighted by atomic mass is 16.5. The van der Waals surface area contributed by atoms with Crippen molar-refractivity contribution in [2.45, 2.75) is 33.1 Å². The van der Waals surface area contributed by atoms with Crippen molar-refractivity contribution in [1.82, 2.24) is 20.3 Å². The smallest absolute Gasteiger partial charge is 0.270 e. The number of pyridine rings is 1. The van der Waals surface area contributed by atoms with Crippen LogP contribution in [0.2, 0.25) is 0 Å². The average molecular weight is 346 g/mol. The fraction of sp³-hybridized carbons (Fsp3) is 0.300. The number of aromatic nitrogens is 4. The third-order valence-electron chi connectivity index (χ3n) is 4.98. The van der Waals surface area contributed by atoms with Crippen LogP contribution in [-0.4, -0.2) is 20.3 Å². The van der Waals surface area contributed by atoms with E-state index in [0.717, 1.165) is 41.5 Å². The van der Waals surface area contributed by atoms with Gasteiger partial charge in [-0.25, -0.2) is 4.98 Å². The SMILES string of the molecule is Cc1ccc2nc(-c3nnc(-c4noc5c4C[C@@H](C)CC5)o3)ccc2c1. The van der Waals surface area contributed by atoms with Crippen LogP contribution in [0.25, 0.3) is 34.1 Å². The van der Waals surface area contributed by atoms with E-state index in [0.29, 0.717) is 29.1 Å². The van der Waals surface area contributed by atoms with Gasteiger partial charge in [-0.05, 0) is 43.9 Å². The molecule has 0 spiro atoms. The maximum absolute atomic E-state index is 5.88. The van der Waals surface area contributed by atoms with E-state index in [9.17, 15) is 0 Å². The standard InChI is InChI=1S/C20H18N4O2/c1-11-3-6-15-13(9-11)5-7-16(21-15)19-22-23-20(25-19)18-14-10-12(2)4-8-17(14)26-24-18/h3,5-7,9,12H,4,8,10H2,1-2H3/t12-/m0/s1. The van der Waals surface area contributed by atoms with Gasteiger partial charge in [0.05, 0.1) is 5.52 Å². The van der Waals surface area contributed by atoms with Crippen LogP contribution in [0.4, 0.5) is 0 Å². The van der Waals surface area contributed by atoms with Gasteiger partial charge in [-0.15, -0.1) is 10.2 Å². The molecular formula is C20H18N4O2. The molecule has 1 aliphatic carbocycles. The van der Waals surface area contributed by atoms with Crippen molar-refractivity contribution in [3.63, 3.8) is 0 Å². The first kappa shape index (κ1) is 15.3. The lowest BCUT2D eigenvalue weighted by Gasteiger charge is -2.15. The van der Waals surface area contributed by atoms with Crippen LogP contribution >= 0.6 is 0 Å². The number of nitrogens with zero attached hydrogens (tertiary/aromatic N) is 4. The summed E-state index contributed by atoms with van der Waals surface area (Å²) in [6, 6.07) is 10.1. The van der Waals surface area contributed by atoms with Crippen LogP contribution in [0.3, 0.4) is 0 Å². The zero-order valence-electron chi connectivity index (χ0n) is 14.7. The molecule has 0 saturated heterocycles. The van der Waals surface area contributed by atoms with Gasteiger partial charge in [-0.2, -0.15) is 0 Å². The predicted octanol–water partition coefficient (Wildman–Crippen LogP) is 4.37. The van der Waals surface area contributed by atoms with Gasteiger partial charge in [0.2, 0.25) is 0 Å². The highest BCUT2D eigenvalue weighted by molar-refractivity contribution is 5.81. The van der Waals surface area contributed by atoms with Gasteiger partial charge < -0.3 is 8.94 Å². The molecule has 6 nitrogen and oxygen atoms in total. The molecule has 1 atom stereocenters. The van der Waals surface area contributed by atoms with Gasteiger partial charge in [0.1, 0.15) is 11.5 Å². The lowest BCUT2D eigenvalue weighted by atomic mass is 9.88. The van der Waals surface area contributed by atoms with Gasteiger partial charge in [0.25, 0.3) is 11.8 Å². The first-order chi connectivity index (χ1) is 12.7. The molecule has 1 aliphatic rings. The number of rotatable bonds is 2. The molecule has 26 heavy (non-hydrogen) atoms. The van der Waals surface area contributed by atoms with Crippen molar-refractivity contribution in [2.75, 3.05) is 0 Å². The summed E-state index contributed by atoms with van der Waals surface area (Å²) in [5.41, 5.74) is 4.53. The Morgan fingerprint density at radius 3 is 2.88 bits per heavy atom. The zero-order chi connectivity index (χ0) is 17.7. The second kappa shape index (κ2) is 5.76. The fourth-order valence-electron chi connectivity index (χ4n) is 3.53. The molecule has 5 rings (SSSR count). The zero-order valence-corrected chi connectivity index (χ0v) is 14.7. The Morgan fingerprint density at radius 1 is 1.08 bits per heavy atom. The minimum atomic E-state index is 0.392. The topological polar surface area (TPSA) is 77.8 Å². The summed E-state index contributed by atoms with van der Waals surface area (Å²) in [4.78, 5) is 4.64. The van der Waals surface area contributed by atoms with E-state index in [1.165, 1.54) is 5.56 Å². The Kier molecular flexibility index (Phi) is 3.38. The van der Waals surface area contributed by atoms with Gasteiger partial charge in [0, 0.05) is 17.4 Å². The molecule has 0 aliphatic heterocycles. The molecule has 0 bridgehead atoms. The minimum absolute atomic E-state index is 0.392. The Bertz CT molecular complexity index is 1110. The maximum Gasteiger partial charge on any atom is 0.270 e. The summed E-state index contributed by atoms with van der Waals surface area (Å²) in [6.45, 7) is 4.30. The molecule has 6 heteroatoms. The van der Waals surface area contributed by atoms with Gasteiger partial charge in [-0.1, -0.05) is 29.8 Å². The normalized spacial score (nSPS) is 16.8. The number of benzene rings is 1. The number of hydrogen-bond donors (Lipinski definition) is 0. The quantitative estimate of drug-likeness (QED) is 0.536. The second-order valence-corrected chi connectivity index (χ2v) is 7.09. The first-order valence-corrected chi connectivity index (χ1v) is 8.86. The minimum Gasteiger partial charge on any atom is -0.413 e. The average Bonchev–Trinajstić information content (AvgIpc) is 3.27. The lowest BCUT2D eigenvalue weighted by Crippen LogP contribution is -2.09. The summed E-state index contributed by atoms with van der Waals surface area (Å²) < 4.78 is 11.4. The fourth-order valence-corrected chi connectivity index (χ4v) is 3.53. The van der Waals surface area contributed by atoms with Crippen LogP contribution in [0.15, 0.2) is 39.3 Å². The second-order valence-electron chi connectivity index (χ2n) is 7.09. The van der Waals surface area contributed by atoms with E-state index in [-0.39, 0.29) is 0 Å². The van der Waals surface area contributed by atoms with Crippen molar-refractivity contribution in [1.29, 1.82) is 0 Å². The van der Waals surface area contributed by atoms with E-state index in [1.807, 2.05) is 24.3 Å². The monoisotopic (exact) mass is 346 g/mol. The molecule has 3 aromatic heterocycles. The van der Waals surface area contributed by atoms with Gasteiger partial charge >= 0.3 is 0 Å². The maximum atomic E-state index is 5.88. The summed E-state index contributed by atoms with van der Waals surface area (Å²) in [7, 11) is 0. The van der Waals surface area contributed by atoms with E-state index in [1.54, 1.807) is 0 Å². The van der Waals surface area contributed by atoms with E-state index in [4.69, 9.17) is 8.94 Å². The molecule has 0 saturated carbocycles. The molecule has 0 radical (unpaired) electrons. The molecule has 4 aromatic rings. The Labute approximate surface area is 150 Å². The molecule has 3 heterocycles. The summed E-state index contributed by atoms with van der Waals surface area (Å²) in [5.74, 6) is 2.33. The molecule has 0 unspecified atom stereocenters. The van der Waals surface area contributed by atoms with Crippen LogP contribution in [0.5, 0.6) is 0 Å². The molecule has 0 fully saturated rings. The van der Waals surface area contributed by atoms with E-state index < -0.39 is 0 Å². The number of hydrogen-bond acceptors (Lipinski definition) is 6. The Morgan fingerprint density at radius 2 is 1.96 bits per heavy atom. The highest BCUT2D eigenvalue weighted by Gasteiger charge is 2.27. The molecule has 130 valence electrons. The molecular weight excluding hydrogens is 328 g/mol. The number of aryl methyl sites for hydroxylation is 2. The van der Waals surface area contributed by atoms with E-state index in [2.05, 4.69) is 40.3 Å². The predicted molar refractivity (Wildman–Crippen MR) is 96.5 cm³/mol. The van der Waals surface area contributed by atoms with Crippen LogP contribution in [0, 0.1) is 12.8 Å². The molecule has 0 amide bonds. The molecule has 0 N–H and O–H groups in total. The Balaban J connectivity index is 1.53. The summed E-state index contributed by atoms with van der Waals surface area (Å²) in [5, 5.41) is 13.6. The third kappa shape index (κ3) is 2.49. The van der Waals surface area contributed by atoms with E-state index >= 15 is 0 Å². The van der Waals surface area contributed by atoms with Crippen molar-refractivity contribution in [3.05, 3.63) is 47.2 Å². The van der Waals surface area contributed by atoms with Crippen molar-refractivity contribution in [3.8, 4) is 23.2 Å². The van der Waals surface area contributed by atoms with Gasteiger partial charge in [0.15, 0.2) is 5.69 Å². The summed E-state index contributed by atoms with van der Waals surface area (Å²) >= 11 is 0. The van der Waals surface area contributed by atoms with Crippen LogP contribution < -0.4 is 0 Å².